The van der Waals surface area contributed by atoms with E-state index in [1.165, 1.54) is 0 Å². The highest BCUT2D eigenvalue weighted by molar-refractivity contribution is 7.58. The number of hydrogen-bond donors (Lipinski definition) is 1. The summed E-state index contributed by atoms with van der Waals surface area (Å²) in [6.45, 7) is 15.3. The van der Waals surface area contributed by atoms with Crippen LogP contribution in [0.1, 0.15) is 41.5 Å². The van der Waals surface area contributed by atoms with E-state index in [1.54, 1.807) is 12.1 Å². The molecule has 0 heterocycles. The van der Waals surface area contributed by atoms with Gasteiger partial charge < -0.3 is 9.26 Å². The third kappa shape index (κ3) is 5.19. The van der Waals surface area contributed by atoms with Crippen LogP contribution < -0.4 is 9.61 Å². The van der Waals surface area contributed by atoms with E-state index in [0.29, 0.717) is 11.5 Å². The summed E-state index contributed by atoms with van der Waals surface area (Å²) in [4.78, 5) is 0. The maximum atomic E-state index is 13.4. The highest BCUT2D eigenvalue weighted by Crippen LogP contribution is 2.55. The van der Waals surface area contributed by atoms with E-state index in [9.17, 15) is 4.57 Å². The molecular formula is C17H28NO3P. The van der Waals surface area contributed by atoms with Crippen LogP contribution in [0.4, 0.5) is 0 Å². The van der Waals surface area contributed by atoms with Crippen LogP contribution in [0.25, 0.3) is 0 Å². The van der Waals surface area contributed by atoms with Crippen molar-refractivity contribution in [3.63, 3.8) is 0 Å². The number of hydrogen-bond acceptors (Lipinski definition) is 3. The Labute approximate surface area is 134 Å². The predicted molar refractivity (Wildman–Crippen MR) is 92.4 cm³/mol. The summed E-state index contributed by atoms with van der Waals surface area (Å²) in [5, 5.41) is 2.54. The summed E-state index contributed by atoms with van der Waals surface area (Å²) in [6.07, 6.45) is 0.0285. The normalized spacial score (nSPS) is 16.0. The van der Waals surface area contributed by atoms with Gasteiger partial charge in [-0.25, -0.2) is 5.09 Å². The number of nitrogens with one attached hydrogen (secondary N) is 1. The van der Waals surface area contributed by atoms with Crippen molar-refractivity contribution in [2.45, 2.75) is 58.8 Å². The smallest absolute Gasteiger partial charge is 0.322 e. The molecule has 0 fully saturated rings. The van der Waals surface area contributed by atoms with Gasteiger partial charge in [-0.15, -0.1) is 0 Å². The molecule has 0 aliphatic carbocycles. The Balaban J connectivity index is 2.94. The van der Waals surface area contributed by atoms with Gasteiger partial charge in [-0.05, 0) is 53.7 Å². The van der Waals surface area contributed by atoms with E-state index < -0.39 is 12.7 Å². The molecule has 1 rings (SSSR count). The molecule has 0 saturated heterocycles. The monoisotopic (exact) mass is 325 g/mol. The lowest BCUT2D eigenvalue weighted by atomic mass is 10.3. The lowest BCUT2D eigenvalue weighted by molar-refractivity contribution is 0.133. The van der Waals surface area contributed by atoms with Crippen LogP contribution in [0.2, 0.25) is 0 Å². The van der Waals surface area contributed by atoms with E-state index in [0.717, 1.165) is 0 Å². The molecule has 0 bridgehead atoms. The van der Waals surface area contributed by atoms with Crippen LogP contribution in [0.5, 0.6) is 5.75 Å². The lowest BCUT2D eigenvalue weighted by Crippen LogP contribution is -2.36. The van der Waals surface area contributed by atoms with Gasteiger partial charge in [-0.2, -0.15) is 0 Å². The van der Waals surface area contributed by atoms with Crippen molar-refractivity contribution in [3.05, 3.63) is 42.7 Å². The summed E-state index contributed by atoms with van der Waals surface area (Å²) in [6, 6.07) is 8.91. The molecule has 0 aromatic heterocycles. The van der Waals surface area contributed by atoms with E-state index in [1.807, 2.05) is 59.7 Å². The zero-order valence-corrected chi connectivity index (χ0v) is 15.3. The molecule has 5 heteroatoms. The molecule has 2 atom stereocenters. The zero-order chi connectivity index (χ0) is 17.0. The SMILES string of the molecule is C=C(OC(C)C)[C@H](C)NP(=O)(Oc1ccccc1)C(C)(C)C. The molecule has 0 aliphatic rings. The number of benzene rings is 1. The Morgan fingerprint density at radius 3 is 2.18 bits per heavy atom. The Morgan fingerprint density at radius 2 is 1.73 bits per heavy atom. The van der Waals surface area contributed by atoms with Crippen LogP contribution in [-0.4, -0.2) is 17.3 Å². The third-order valence-electron chi connectivity index (χ3n) is 3.09. The minimum atomic E-state index is -3.17. The number of rotatable bonds is 7. The van der Waals surface area contributed by atoms with Crippen LogP contribution in [0, 0.1) is 0 Å². The largest absolute Gasteiger partial charge is 0.494 e. The Hall–Kier alpha value is -1.25. The zero-order valence-electron chi connectivity index (χ0n) is 14.4. The Kier molecular flexibility index (Phi) is 6.27. The van der Waals surface area contributed by atoms with Crippen LogP contribution in [0.3, 0.4) is 0 Å². The van der Waals surface area contributed by atoms with Gasteiger partial charge in [0, 0.05) is 0 Å². The van der Waals surface area contributed by atoms with Crippen molar-refractivity contribution >= 4 is 7.52 Å². The topological polar surface area (TPSA) is 47.6 Å². The molecule has 4 nitrogen and oxygen atoms in total. The van der Waals surface area contributed by atoms with Gasteiger partial charge in [0.25, 0.3) is 0 Å². The fourth-order valence-electron chi connectivity index (χ4n) is 1.72. The quantitative estimate of drug-likeness (QED) is 0.568. The maximum Gasteiger partial charge on any atom is 0.322 e. The first-order valence-corrected chi connectivity index (χ1v) is 9.15. The van der Waals surface area contributed by atoms with E-state index in [2.05, 4.69) is 11.7 Å². The number of ether oxygens (including phenoxy) is 1. The maximum absolute atomic E-state index is 13.4. The summed E-state index contributed by atoms with van der Waals surface area (Å²) in [7, 11) is -3.17. The molecule has 22 heavy (non-hydrogen) atoms. The fraction of sp³-hybridized carbons (Fsp3) is 0.529. The molecular weight excluding hydrogens is 297 g/mol. The number of para-hydroxylation sites is 1. The molecule has 1 aromatic carbocycles. The minimum Gasteiger partial charge on any atom is -0.494 e. The highest BCUT2D eigenvalue weighted by Gasteiger charge is 2.41. The van der Waals surface area contributed by atoms with Crippen molar-refractivity contribution in [1.29, 1.82) is 0 Å². The van der Waals surface area contributed by atoms with Crippen molar-refractivity contribution in [2.75, 3.05) is 0 Å². The molecule has 124 valence electrons. The first-order valence-electron chi connectivity index (χ1n) is 7.53. The summed E-state index contributed by atoms with van der Waals surface area (Å²) in [5.41, 5.74) is 0. The second-order valence-electron chi connectivity index (χ2n) is 6.61. The Bertz CT molecular complexity index is 535. The van der Waals surface area contributed by atoms with E-state index in [4.69, 9.17) is 9.26 Å². The fourth-order valence-corrected chi connectivity index (χ4v) is 3.50. The van der Waals surface area contributed by atoms with Crippen molar-refractivity contribution in [2.24, 2.45) is 0 Å². The minimum absolute atomic E-state index is 0.0285. The van der Waals surface area contributed by atoms with Crippen molar-refractivity contribution < 1.29 is 13.8 Å². The standard InChI is InChI=1S/C17H28NO3P/c1-13(2)20-15(4)14(3)18-22(19,17(5,6)7)21-16-11-9-8-10-12-16/h8-14H,4H2,1-3,5-7H3,(H,18,19)/t14-,22?/m0/s1. The summed E-state index contributed by atoms with van der Waals surface area (Å²) >= 11 is 0. The molecule has 0 radical (unpaired) electrons. The van der Waals surface area contributed by atoms with Crippen LogP contribution >= 0.6 is 7.52 Å². The first-order chi connectivity index (χ1) is 10.0. The van der Waals surface area contributed by atoms with Crippen LogP contribution in [-0.2, 0) is 9.30 Å². The molecule has 1 aromatic rings. The van der Waals surface area contributed by atoms with Gasteiger partial charge in [-0.3, -0.25) is 4.57 Å². The Morgan fingerprint density at radius 1 is 1.18 bits per heavy atom. The second-order valence-corrected chi connectivity index (χ2v) is 9.50. The summed E-state index contributed by atoms with van der Waals surface area (Å²) in [5.74, 6) is 1.13. The summed E-state index contributed by atoms with van der Waals surface area (Å²) < 4.78 is 24.8. The predicted octanol–water partition coefficient (Wildman–Crippen LogP) is 4.97. The van der Waals surface area contributed by atoms with Gasteiger partial charge in [0.2, 0.25) is 0 Å². The molecule has 1 unspecified atom stereocenters. The van der Waals surface area contributed by atoms with Gasteiger partial charge in [0.1, 0.15) is 11.5 Å². The average molecular weight is 325 g/mol. The van der Waals surface area contributed by atoms with E-state index >= 15 is 0 Å². The molecule has 0 amide bonds. The molecule has 0 saturated carbocycles. The van der Waals surface area contributed by atoms with Crippen LogP contribution in [0.15, 0.2) is 42.7 Å². The van der Waals surface area contributed by atoms with Crippen molar-refractivity contribution in [1.82, 2.24) is 5.09 Å². The first kappa shape index (κ1) is 18.8. The molecule has 0 spiro atoms. The van der Waals surface area contributed by atoms with Gasteiger partial charge in [-0.1, -0.05) is 24.8 Å². The third-order valence-corrected chi connectivity index (χ3v) is 6.06. The lowest BCUT2D eigenvalue weighted by Gasteiger charge is -2.34. The van der Waals surface area contributed by atoms with Gasteiger partial charge in [0.05, 0.1) is 17.3 Å². The molecule has 1 N–H and O–H groups in total. The average Bonchev–Trinajstić information content (AvgIpc) is 2.37. The van der Waals surface area contributed by atoms with Gasteiger partial charge in [0.15, 0.2) is 0 Å². The second kappa shape index (κ2) is 7.34. The van der Waals surface area contributed by atoms with E-state index in [-0.39, 0.29) is 12.1 Å². The van der Waals surface area contributed by atoms with Crippen molar-refractivity contribution in [3.8, 4) is 5.75 Å². The highest BCUT2D eigenvalue weighted by atomic mass is 31.2. The van der Waals surface area contributed by atoms with Gasteiger partial charge >= 0.3 is 7.52 Å². The molecule has 0 aliphatic heterocycles.